The summed E-state index contributed by atoms with van der Waals surface area (Å²) in [5.41, 5.74) is 0.427. The maximum atomic E-state index is 13.3. The molecule has 4 amide bonds. The fourth-order valence-corrected chi connectivity index (χ4v) is 4.47. The molecule has 7 nitrogen and oxygen atoms in total. The van der Waals surface area contributed by atoms with E-state index in [9.17, 15) is 14.4 Å². The first-order valence-corrected chi connectivity index (χ1v) is 10.4. The van der Waals surface area contributed by atoms with Crippen molar-refractivity contribution in [2.24, 2.45) is 0 Å². The molecule has 1 aromatic rings. The molecule has 29 heavy (non-hydrogen) atoms. The summed E-state index contributed by atoms with van der Waals surface area (Å²) in [6.07, 6.45) is 5.78. The van der Waals surface area contributed by atoms with Gasteiger partial charge in [0.05, 0.1) is 7.11 Å². The van der Waals surface area contributed by atoms with Gasteiger partial charge in [-0.15, -0.1) is 0 Å². The van der Waals surface area contributed by atoms with E-state index < -0.39 is 11.6 Å². The lowest BCUT2D eigenvalue weighted by molar-refractivity contribution is -0.140. The van der Waals surface area contributed by atoms with Crippen LogP contribution in [-0.2, 0) is 15.1 Å². The van der Waals surface area contributed by atoms with E-state index in [0.717, 1.165) is 41.9 Å². The van der Waals surface area contributed by atoms with Crippen LogP contribution in [0.2, 0.25) is 0 Å². The summed E-state index contributed by atoms with van der Waals surface area (Å²) in [6.45, 7) is 3.53. The van der Waals surface area contributed by atoms with Crippen molar-refractivity contribution < 1.29 is 19.1 Å². The number of hydrogen-bond acceptors (Lipinski definition) is 4. The molecule has 1 aliphatic carbocycles. The quantitative estimate of drug-likeness (QED) is 0.744. The lowest BCUT2D eigenvalue weighted by atomic mass is 9.86. The zero-order valence-electron chi connectivity index (χ0n) is 17.8. The Morgan fingerprint density at radius 1 is 1.28 bits per heavy atom. The first kappa shape index (κ1) is 21.1. The average molecular weight is 402 g/mol. The van der Waals surface area contributed by atoms with E-state index in [4.69, 9.17) is 4.74 Å². The van der Waals surface area contributed by atoms with Gasteiger partial charge in [0.15, 0.2) is 0 Å². The van der Waals surface area contributed by atoms with E-state index in [-0.39, 0.29) is 24.4 Å². The van der Waals surface area contributed by atoms with Gasteiger partial charge in [-0.25, -0.2) is 4.79 Å². The van der Waals surface area contributed by atoms with E-state index in [0.29, 0.717) is 12.0 Å². The fraction of sp³-hybridized carbons (Fsp3) is 0.591. The van der Waals surface area contributed by atoms with Crippen LogP contribution in [0.4, 0.5) is 4.79 Å². The van der Waals surface area contributed by atoms with Crippen molar-refractivity contribution in [2.45, 2.75) is 64.0 Å². The highest BCUT2D eigenvalue weighted by molar-refractivity contribution is 6.09. The maximum absolute atomic E-state index is 13.3. The van der Waals surface area contributed by atoms with Gasteiger partial charge in [-0.05, 0) is 49.4 Å². The number of imide groups is 1. The molecule has 1 saturated carbocycles. The van der Waals surface area contributed by atoms with E-state index in [1.54, 1.807) is 31.2 Å². The minimum Gasteiger partial charge on any atom is -0.496 e. The molecule has 1 unspecified atom stereocenters. The molecular weight excluding hydrogens is 370 g/mol. The number of rotatable bonds is 6. The summed E-state index contributed by atoms with van der Waals surface area (Å²) < 4.78 is 5.30. The normalized spacial score (nSPS) is 22.6. The summed E-state index contributed by atoms with van der Waals surface area (Å²) in [5, 5.41) is 2.85. The molecule has 2 aliphatic rings. The Labute approximate surface area is 172 Å². The van der Waals surface area contributed by atoms with Crippen molar-refractivity contribution in [2.75, 3.05) is 20.7 Å². The molecule has 7 heteroatoms. The highest BCUT2D eigenvalue weighted by atomic mass is 16.5. The highest BCUT2D eigenvalue weighted by Crippen LogP contribution is 2.34. The summed E-state index contributed by atoms with van der Waals surface area (Å²) in [7, 11) is 3.37. The van der Waals surface area contributed by atoms with Crippen molar-refractivity contribution in [1.82, 2.24) is 15.1 Å². The van der Waals surface area contributed by atoms with Gasteiger partial charge in [0, 0.05) is 13.1 Å². The molecule has 1 heterocycles. The zero-order chi connectivity index (χ0) is 21.2. The molecule has 1 aromatic carbocycles. The highest BCUT2D eigenvalue weighted by Gasteiger charge is 2.52. The minimum atomic E-state index is -1.15. The molecule has 0 aromatic heterocycles. The predicted octanol–water partition coefficient (Wildman–Crippen LogP) is 2.95. The summed E-state index contributed by atoms with van der Waals surface area (Å²) in [4.78, 5) is 41.6. The number of hydrogen-bond donors (Lipinski definition) is 1. The summed E-state index contributed by atoms with van der Waals surface area (Å²) >= 11 is 0. The first-order valence-electron chi connectivity index (χ1n) is 10.4. The minimum absolute atomic E-state index is 0.192. The van der Waals surface area contributed by atoms with Crippen LogP contribution in [-0.4, -0.2) is 54.4 Å². The third-order valence-corrected chi connectivity index (χ3v) is 6.40. The molecule has 1 saturated heterocycles. The largest absolute Gasteiger partial charge is 0.496 e. The lowest BCUT2D eigenvalue weighted by Crippen LogP contribution is -2.47. The Balaban J connectivity index is 1.80. The molecule has 1 N–H and O–H groups in total. The number of methoxy groups -OCH3 is 1. The number of urea groups is 1. The SMILES string of the molecule is CCC1(c2ccc(OC)c(C)c2)NC(=O)N(CC(=O)N(C)C2CCCCC2)C1=O. The molecule has 3 rings (SSSR count). The van der Waals surface area contributed by atoms with Crippen LogP contribution in [0.1, 0.15) is 56.6 Å². The van der Waals surface area contributed by atoms with Crippen LogP contribution >= 0.6 is 0 Å². The number of amides is 4. The number of nitrogens with zero attached hydrogens (tertiary/aromatic N) is 2. The Morgan fingerprint density at radius 3 is 2.55 bits per heavy atom. The van der Waals surface area contributed by atoms with Crippen molar-refractivity contribution >= 4 is 17.8 Å². The number of ether oxygens (including phenoxy) is 1. The molecule has 0 spiro atoms. The van der Waals surface area contributed by atoms with Gasteiger partial charge in [-0.1, -0.05) is 32.3 Å². The Morgan fingerprint density at radius 2 is 1.97 bits per heavy atom. The Hall–Kier alpha value is -2.57. The lowest BCUT2D eigenvalue weighted by Gasteiger charge is -2.32. The van der Waals surface area contributed by atoms with E-state index in [1.807, 2.05) is 19.9 Å². The predicted molar refractivity (Wildman–Crippen MR) is 110 cm³/mol. The van der Waals surface area contributed by atoms with E-state index >= 15 is 0 Å². The van der Waals surface area contributed by atoms with Crippen LogP contribution in [0.15, 0.2) is 18.2 Å². The third kappa shape index (κ3) is 3.82. The monoisotopic (exact) mass is 401 g/mol. The second kappa shape index (κ2) is 8.43. The molecule has 1 atom stereocenters. The second-order valence-corrected chi connectivity index (χ2v) is 8.06. The summed E-state index contributed by atoms with van der Waals surface area (Å²) in [5.74, 6) is 0.149. The van der Waals surface area contributed by atoms with Gasteiger partial charge in [0.1, 0.15) is 17.8 Å². The maximum Gasteiger partial charge on any atom is 0.325 e. The van der Waals surface area contributed by atoms with Crippen LogP contribution in [0, 0.1) is 6.92 Å². The molecule has 1 aliphatic heterocycles. The van der Waals surface area contributed by atoms with Crippen molar-refractivity contribution in [3.63, 3.8) is 0 Å². The number of likely N-dealkylation sites (N-methyl/N-ethyl adjacent to an activating group) is 1. The zero-order valence-corrected chi connectivity index (χ0v) is 17.8. The second-order valence-electron chi connectivity index (χ2n) is 8.06. The van der Waals surface area contributed by atoms with Crippen molar-refractivity contribution in [3.8, 4) is 5.75 Å². The number of carbonyl (C=O) groups is 3. The molecule has 0 radical (unpaired) electrons. The average Bonchev–Trinajstić information content (AvgIpc) is 2.98. The standard InChI is InChI=1S/C22H31N3O4/c1-5-22(16-11-12-18(29-4)15(2)13-16)20(27)25(21(28)23-22)14-19(26)24(3)17-9-7-6-8-10-17/h11-13,17H,5-10,14H2,1-4H3,(H,23,28). The van der Waals surface area contributed by atoms with Crippen LogP contribution in [0.25, 0.3) is 0 Å². The molecular formula is C22H31N3O4. The van der Waals surface area contributed by atoms with Crippen molar-refractivity contribution in [1.29, 1.82) is 0 Å². The Kier molecular flexibility index (Phi) is 6.15. The fourth-order valence-electron chi connectivity index (χ4n) is 4.47. The van der Waals surface area contributed by atoms with E-state index in [1.165, 1.54) is 6.42 Å². The number of carbonyl (C=O) groups excluding carboxylic acids is 3. The van der Waals surface area contributed by atoms with Gasteiger partial charge in [0.2, 0.25) is 5.91 Å². The smallest absolute Gasteiger partial charge is 0.325 e. The van der Waals surface area contributed by atoms with Gasteiger partial charge in [0.25, 0.3) is 5.91 Å². The molecule has 2 fully saturated rings. The Bertz CT molecular complexity index is 803. The van der Waals surface area contributed by atoms with Gasteiger partial charge < -0.3 is 15.0 Å². The topological polar surface area (TPSA) is 79.0 Å². The number of nitrogens with one attached hydrogen (secondary N) is 1. The van der Waals surface area contributed by atoms with Crippen molar-refractivity contribution in [3.05, 3.63) is 29.3 Å². The van der Waals surface area contributed by atoms with Gasteiger partial charge in [-0.2, -0.15) is 0 Å². The van der Waals surface area contributed by atoms with E-state index in [2.05, 4.69) is 5.32 Å². The first-order chi connectivity index (χ1) is 13.8. The summed E-state index contributed by atoms with van der Waals surface area (Å²) in [6, 6.07) is 5.13. The number of aryl methyl sites for hydroxylation is 1. The number of benzene rings is 1. The van der Waals surface area contributed by atoms with Crippen LogP contribution in [0.3, 0.4) is 0 Å². The van der Waals surface area contributed by atoms with Gasteiger partial charge in [-0.3, -0.25) is 14.5 Å². The van der Waals surface area contributed by atoms with Crippen LogP contribution < -0.4 is 10.1 Å². The molecule has 158 valence electrons. The van der Waals surface area contributed by atoms with Gasteiger partial charge >= 0.3 is 6.03 Å². The third-order valence-electron chi connectivity index (χ3n) is 6.40. The molecule has 0 bridgehead atoms. The van der Waals surface area contributed by atoms with Crippen LogP contribution in [0.5, 0.6) is 5.75 Å².